The van der Waals surface area contributed by atoms with Gasteiger partial charge in [0.2, 0.25) is 0 Å². The Morgan fingerprint density at radius 2 is 0.923 bits per heavy atom. The highest BCUT2D eigenvalue weighted by Gasteiger charge is 2.25. The Morgan fingerprint density at radius 3 is 1.27 bits per heavy atom. The molecule has 2 aromatic rings. The van der Waals surface area contributed by atoms with Gasteiger partial charge < -0.3 is 19.1 Å². The fraction of sp³-hybridized carbons (Fsp3) is 0.545. The minimum atomic E-state index is -0.565. The van der Waals surface area contributed by atoms with Gasteiger partial charge in [-0.15, -0.1) is 10.1 Å². The fourth-order valence-electron chi connectivity index (χ4n) is 8.35. The van der Waals surface area contributed by atoms with Crippen LogP contribution in [0.25, 0.3) is 12.2 Å². The maximum absolute atomic E-state index is 12.6. The van der Waals surface area contributed by atoms with Crippen LogP contribution >= 0.6 is 0 Å². The highest BCUT2D eigenvalue weighted by molar-refractivity contribution is 5.91. The van der Waals surface area contributed by atoms with E-state index in [-0.39, 0.29) is 0 Å². The zero-order valence-electron chi connectivity index (χ0n) is 31.4. The Morgan fingerprint density at radius 1 is 0.558 bits per heavy atom. The molecule has 2 saturated heterocycles. The highest BCUT2D eigenvalue weighted by Crippen LogP contribution is 2.35. The van der Waals surface area contributed by atoms with Gasteiger partial charge in [0, 0.05) is 49.5 Å². The predicted molar refractivity (Wildman–Crippen MR) is 206 cm³/mol. The summed E-state index contributed by atoms with van der Waals surface area (Å²) >= 11 is 0. The largest absolute Gasteiger partial charge is 0.496 e. The van der Waals surface area contributed by atoms with Crippen LogP contribution in [-0.2, 0) is 19.3 Å². The summed E-state index contributed by atoms with van der Waals surface area (Å²) in [6.45, 7) is 2.55. The molecule has 8 heteroatoms. The molecule has 2 aromatic carbocycles. The van der Waals surface area contributed by atoms with Crippen LogP contribution in [0.5, 0.6) is 11.5 Å². The molecular formula is C44H58N2O6. The highest BCUT2D eigenvalue weighted by atomic mass is 16.7. The van der Waals surface area contributed by atoms with Gasteiger partial charge in [0.25, 0.3) is 0 Å². The van der Waals surface area contributed by atoms with Crippen LogP contribution in [0.1, 0.15) is 137 Å². The molecule has 0 N–H and O–H groups in total. The van der Waals surface area contributed by atoms with E-state index in [9.17, 15) is 9.59 Å². The molecule has 0 atom stereocenters. The molecule has 6 rings (SSSR count). The van der Waals surface area contributed by atoms with E-state index >= 15 is 0 Å². The minimum Gasteiger partial charge on any atom is -0.496 e. The third-order valence-corrected chi connectivity index (χ3v) is 11.4. The number of rotatable bonds is 10. The van der Waals surface area contributed by atoms with Crippen molar-refractivity contribution in [2.75, 3.05) is 40.4 Å². The lowest BCUT2D eigenvalue weighted by Crippen LogP contribution is -2.35. The number of ether oxygens (including phenoxy) is 2. The van der Waals surface area contributed by atoms with E-state index in [0.717, 1.165) is 48.3 Å². The summed E-state index contributed by atoms with van der Waals surface area (Å²) in [7, 11) is 3.48. The van der Waals surface area contributed by atoms with Crippen LogP contribution in [-0.4, -0.2) is 62.5 Å². The molecule has 2 saturated carbocycles. The van der Waals surface area contributed by atoms with Gasteiger partial charge in [-0.05, 0) is 124 Å². The van der Waals surface area contributed by atoms with Crippen LogP contribution in [0, 0.1) is 0 Å². The number of carbonyl (C=O) groups is 2. The molecule has 0 aromatic heterocycles. The number of hydrogen-bond donors (Lipinski definition) is 0. The van der Waals surface area contributed by atoms with Crippen molar-refractivity contribution in [1.29, 1.82) is 0 Å². The van der Waals surface area contributed by atoms with Crippen LogP contribution in [0.2, 0.25) is 0 Å². The average Bonchev–Trinajstić information content (AvgIpc) is 3.60. The Hall–Kier alpha value is -3.88. The van der Waals surface area contributed by atoms with Gasteiger partial charge in [0.15, 0.2) is 0 Å². The summed E-state index contributed by atoms with van der Waals surface area (Å²) in [5, 5.41) is 3.41. The smallest absolute Gasteiger partial charge is 0.349 e. The molecule has 4 fully saturated rings. The lowest BCUT2D eigenvalue weighted by molar-refractivity contribution is -0.191. The predicted octanol–water partition coefficient (Wildman–Crippen LogP) is 9.71. The van der Waals surface area contributed by atoms with E-state index < -0.39 is 11.9 Å². The van der Waals surface area contributed by atoms with E-state index in [1.54, 1.807) is 24.3 Å². The molecule has 0 amide bonds. The van der Waals surface area contributed by atoms with Crippen LogP contribution in [0.15, 0.2) is 59.7 Å². The zero-order chi connectivity index (χ0) is 36.1. The first-order valence-electron chi connectivity index (χ1n) is 19.8. The van der Waals surface area contributed by atoms with E-state index in [1.807, 2.05) is 0 Å². The van der Waals surface area contributed by atoms with E-state index in [0.29, 0.717) is 38.0 Å². The topological polar surface area (TPSA) is 77.5 Å². The molecule has 4 aliphatic rings. The number of piperidine rings is 2. The van der Waals surface area contributed by atoms with E-state index in [4.69, 9.17) is 19.1 Å². The van der Waals surface area contributed by atoms with Gasteiger partial charge in [-0.1, -0.05) is 61.1 Å². The second kappa shape index (κ2) is 19.3. The second-order valence-electron chi connectivity index (χ2n) is 15.0. The third kappa shape index (κ3) is 10.8. The Labute approximate surface area is 310 Å². The Bertz CT molecular complexity index is 1460. The summed E-state index contributed by atoms with van der Waals surface area (Å²) in [4.78, 5) is 36.3. The Kier molecular flexibility index (Phi) is 14.0. The minimum absolute atomic E-state index is 0.386. The van der Waals surface area contributed by atoms with Gasteiger partial charge in [-0.2, -0.15) is 0 Å². The first-order valence-corrected chi connectivity index (χ1v) is 19.8. The molecule has 0 radical (unpaired) electrons. The van der Waals surface area contributed by atoms with Crippen molar-refractivity contribution >= 4 is 24.1 Å². The standard InChI is InChI=1S/C44H58N2O6/c1-49-41-17-15-37(31-39(41)29-33-11-7-3-4-8-12-33)35-21-25-45(26-22-35)51-43(47)19-20-44(48)52-46-27-23-36(24-28-46)38-16-18-42(50-2)40(32-38)30-34-13-9-5-6-10-14-34/h15-20,29-32,35-36H,3-14,21-28H2,1-2H3/b20-19-. The van der Waals surface area contributed by atoms with Crippen molar-refractivity contribution in [2.45, 2.75) is 115 Å². The number of hydroxylamine groups is 4. The third-order valence-electron chi connectivity index (χ3n) is 11.4. The number of carbonyl (C=O) groups excluding carboxylic acids is 2. The van der Waals surface area contributed by atoms with Crippen molar-refractivity contribution < 1.29 is 28.7 Å². The lowest BCUT2D eigenvalue weighted by Gasteiger charge is -2.31. The molecule has 2 aliphatic carbocycles. The summed E-state index contributed by atoms with van der Waals surface area (Å²) in [5.41, 5.74) is 7.97. The van der Waals surface area contributed by atoms with Crippen LogP contribution in [0.4, 0.5) is 0 Å². The van der Waals surface area contributed by atoms with Crippen molar-refractivity contribution in [3.63, 3.8) is 0 Å². The van der Waals surface area contributed by atoms with Crippen molar-refractivity contribution in [3.8, 4) is 11.5 Å². The monoisotopic (exact) mass is 710 g/mol. The van der Waals surface area contributed by atoms with Crippen molar-refractivity contribution in [1.82, 2.24) is 10.1 Å². The molecule has 8 nitrogen and oxygen atoms in total. The summed E-state index contributed by atoms with van der Waals surface area (Å²) in [6.07, 6.45) is 25.6. The number of nitrogens with zero attached hydrogens (tertiary/aromatic N) is 2. The molecule has 2 aliphatic heterocycles. The molecular weight excluding hydrogens is 652 g/mol. The van der Waals surface area contributed by atoms with Gasteiger partial charge in [0.05, 0.1) is 14.2 Å². The van der Waals surface area contributed by atoms with Crippen molar-refractivity contribution in [2.24, 2.45) is 0 Å². The van der Waals surface area contributed by atoms with Gasteiger partial charge >= 0.3 is 11.9 Å². The Balaban J connectivity index is 0.935. The van der Waals surface area contributed by atoms with Crippen LogP contribution in [0.3, 0.4) is 0 Å². The summed E-state index contributed by atoms with van der Waals surface area (Å²) in [6, 6.07) is 13.1. The van der Waals surface area contributed by atoms with Gasteiger partial charge in [-0.25, -0.2) is 9.59 Å². The van der Waals surface area contributed by atoms with Gasteiger partial charge in [-0.3, -0.25) is 0 Å². The number of allylic oxidation sites excluding steroid dienone is 2. The SMILES string of the molecule is COc1ccc(C2CCN(OC(=O)/C=C\C(=O)ON3CCC(c4ccc(OC)c(C=C5CCCCCC5)c4)CC3)CC2)cc1C=C1CCCCCC1. The molecule has 280 valence electrons. The summed E-state index contributed by atoms with van der Waals surface area (Å²) in [5.74, 6) is 1.48. The molecule has 0 bridgehead atoms. The fourth-order valence-corrected chi connectivity index (χ4v) is 8.35. The molecule has 0 spiro atoms. The van der Waals surface area contributed by atoms with Crippen LogP contribution < -0.4 is 9.47 Å². The maximum atomic E-state index is 12.6. The van der Waals surface area contributed by atoms with E-state index in [2.05, 4.69) is 48.6 Å². The quantitative estimate of drug-likeness (QED) is 0.178. The lowest BCUT2D eigenvalue weighted by atomic mass is 9.88. The maximum Gasteiger partial charge on any atom is 0.349 e. The average molecular weight is 711 g/mol. The van der Waals surface area contributed by atoms with E-state index in [1.165, 1.54) is 111 Å². The first kappa shape index (κ1) is 37.9. The zero-order valence-corrected chi connectivity index (χ0v) is 31.4. The normalized spacial score (nSPS) is 20.2. The molecule has 0 unspecified atom stereocenters. The second-order valence-corrected chi connectivity index (χ2v) is 15.0. The molecule has 2 heterocycles. The summed E-state index contributed by atoms with van der Waals surface area (Å²) < 4.78 is 11.4. The number of hydrogen-bond acceptors (Lipinski definition) is 8. The molecule has 52 heavy (non-hydrogen) atoms. The number of benzene rings is 2. The van der Waals surface area contributed by atoms with Gasteiger partial charge in [0.1, 0.15) is 11.5 Å². The van der Waals surface area contributed by atoms with Crippen molar-refractivity contribution in [3.05, 3.63) is 82.0 Å². The first-order chi connectivity index (χ1) is 25.5. The number of methoxy groups -OCH3 is 2.